The molecule has 6 N–H and O–H groups in total. The minimum atomic E-state index is -0.340. The summed E-state index contributed by atoms with van der Waals surface area (Å²) in [6.07, 6.45) is 0. The van der Waals surface area contributed by atoms with Gasteiger partial charge < -0.3 is 17.2 Å². The average Bonchev–Trinajstić information content (AvgIpc) is 3.30. The number of nitrogens with two attached hydrogens (primary N) is 3. The summed E-state index contributed by atoms with van der Waals surface area (Å²) in [6, 6.07) is 5.35. The van der Waals surface area contributed by atoms with Crippen LogP contribution in [-0.4, -0.2) is 17.7 Å². The molecule has 3 aromatic rings. The molecule has 3 heterocycles. The molecule has 0 saturated heterocycles. The quantitative estimate of drug-likeness (QED) is 0.596. The van der Waals surface area contributed by atoms with Crippen LogP contribution >= 0.6 is 34.0 Å². The van der Waals surface area contributed by atoms with Gasteiger partial charge in [-0.1, -0.05) is 0 Å². The van der Waals surface area contributed by atoms with Crippen molar-refractivity contribution in [2.75, 3.05) is 0 Å². The highest BCUT2D eigenvalue weighted by Crippen LogP contribution is 2.13. The lowest BCUT2D eigenvalue weighted by Crippen LogP contribution is -2.08. The number of thiophene rings is 3. The van der Waals surface area contributed by atoms with Crippen LogP contribution in [0.1, 0.15) is 45.7 Å². The monoisotopic (exact) mass is 423 g/mol. The minimum Gasteiger partial charge on any atom is -0.365 e. The summed E-state index contributed by atoms with van der Waals surface area (Å²) in [6.45, 7) is 5.80. The van der Waals surface area contributed by atoms with Crippen molar-refractivity contribution in [2.24, 2.45) is 17.2 Å². The summed E-state index contributed by atoms with van der Waals surface area (Å²) in [7, 11) is 0. The minimum absolute atomic E-state index is 0.340. The van der Waals surface area contributed by atoms with E-state index in [4.69, 9.17) is 17.2 Å². The van der Waals surface area contributed by atoms with Gasteiger partial charge in [0, 0.05) is 0 Å². The number of carbonyl (C=O) groups is 3. The van der Waals surface area contributed by atoms with E-state index in [0.29, 0.717) is 14.6 Å². The number of hydrogen-bond donors (Lipinski definition) is 3. The highest BCUT2D eigenvalue weighted by molar-refractivity contribution is 7.12. The zero-order chi connectivity index (χ0) is 20.6. The zero-order valence-corrected chi connectivity index (χ0v) is 17.6. The first-order valence-electron chi connectivity index (χ1n) is 7.65. The fraction of sp³-hybridized carbons (Fsp3) is 0.167. The van der Waals surface area contributed by atoms with Gasteiger partial charge in [0.1, 0.15) is 0 Å². The van der Waals surface area contributed by atoms with Crippen LogP contribution in [0.5, 0.6) is 0 Å². The Kier molecular flexibility index (Phi) is 8.86. The number of primary amides is 3. The van der Waals surface area contributed by atoms with Gasteiger partial charge in [0.05, 0.1) is 14.6 Å². The van der Waals surface area contributed by atoms with E-state index in [9.17, 15) is 14.4 Å². The molecule has 0 aliphatic rings. The summed E-state index contributed by atoms with van der Waals surface area (Å²) in [5.41, 5.74) is 18.3. The molecule has 0 radical (unpaired) electrons. The molecule has 3 rings (SSSR count). The predicted octanol–water partition coefficient (Wildman–Crippen LogP) is 3.47. The fourth-order valence-electron chi connectivity index (χ4n) is 1.68. The van der Waals surface area contributed by atoms with Gasteiger partial charge >= 0.3 is 0 Å². The molecule has 3 amide bonds. The van der Waals surface area contributed by atoms with Gasteiger partial charge in [-0.15, -0.1) is 34.0 Å². The van der Waals surface area contributed by atoms with E-state index >= 15 is 0 Å². The summed E-state index contributed by atoms with van der Waals surface area (Å²) < 4.78 is 0. The summed E-state index contributed by atoms with van der Waals surface area (Å²) in [5.74, 6) is -1.02. The second-order valence-corrected chi connectivity index (χ2v) is 8.29. The molecule has 0 unspecified atom stereocenters. The molecule has 0 aromatic carbocycles. The van der Waals surface area contributed by atoms with Crippen molar-refractivity contribution in [1.29, 1.82) is 0 Å². The van der Waals surface area contributed by atoms with Gasteiger partial charge in [-0.05, 0) is 71.8 Å². The second kappa shape index (κ2) is 10.6. The molecule has 9 heteroatoms. The molecular formula is C18H21N3O3S3. The summed E-state index contributed by atoms with van der Waals surface area (Å²) in [4.78, 5) is 33.2. The van der Waals surface area contributed by atoms with Gasteiger partial charge in [0.15, 0.2) is 0 Å². The number of aryl methyl sites for hydroxylation is 3. The Balaban J connectivity index is 0.000000202. The second-order valence-electron chi connectivity index (χ2n) is 5.56. The maximum absolute atomic E-state index is 10.4. The van der Waals surface area contributed by atoms with Crippen molar-refractivity contribution in [2.45, 2.75) is 20.8 Å². The molecule has 0 atom stereocenters. The van der Waals surface area contributed by atoms with Gasteiger partial charge in [0.2, 0.25) is 0 Å². The molecule has 0 fully saturated rings. The zero-order valence-electron chi connectivity index (χ0n) is 15.1. The Morgan fingerprint density at radius 1 is 0.593 bits per heavy atom. The molecule has 0 bridgehead atoms. The molecule has 0 saturated carbocycles. The molecule has 3 aromatic heterocycles. The van der Waals surface area contributed by atoms with Gasteiger partial charge in [-0.25, -0.2) is 0 Å². The third-order valence-electron chi connectivity index (χ3n) is 2.92. The van der Waals surface area contributed by atoms with Crippen LogP contribution in [0.4, 0.5) is 0 Å². The Bertz CT molecular complexity index is 806. The number of rotatable bonds is 3. The maximum Gasteiger partial charge on any atom is 0.258 e. The fourth-order valence-corrected chi connectivity index (χ4v) is 3.93. The van der Waals surface area contributed by atoms with Crippen molar-refractivity contribution in [3.63, 3.8) is 0 Å². The van der Waals surface area contributed by atoms with E-state index in [1.54, 1.807) is 18.2 Å². The first-order chi connectivity index (χ1) is 12.6. The van der Waals surface area contributed by atoms with Crippen LogP contribution in [0, 0.1) is 20.8 Å². The van der Waals surface area contributed by atoms with Gasteiger partial charge in [-0.2, -0.15) is 0 Å². The van der Waals surface area contributed by atoms with E-state index in [1.165, 1.54) is 34.0 Å². The van der Waals surface area contributed by atoms with Crippen LogP contribution in [0.15, 0.2) is 34.3 Å². The number of hydrogen-bond acceptors (Lipinski definition) is 6. The topological polar surface area (TPSA) is 129 Å². The van der Waals surface area contributed by atoms with Gasteiger partial charge in [-0.3, -0.25) is 14.4 Å². The van der Waals surface area contributed by atoms with Crippen LogP contribution in [0.25, 0.3) is 0 Å². The van der Waals surface area contributed by atoms with Crippen molar-refractivity contribution in [3.05, 3.63) is 65.7 Å². The first kappa shape index (κ1) is 22.6. The number of amides is 3. The molecular weight excluding hydrogens is 402 g/mol. The molecule has 0 spiro atoms. The Morgan fingerprint density at radius 2 is 0.815 bits per heavy atom. The molecule has 0 aliphatic carbocycles. The lowest BCUT2D eigenvalue weighted by molar-refractivity contribution is 0.0995. The van der Waals surface area contributed by atoms with Crippen molar-refractivity contribution < 1.29 is 14.4 Å². The maximum atomic E-state index is 10.4. The summed E-state index contributed by atoms with van der Waals surface area (Å²) >= 11 is 4.15. The Labute approximate surface area is 169 Å². The SMILES string of the molecule is Cc1csc(C(N)=O)c1.Cc1csc(C(N)=O)c1.Cc1csc(C(N)=O)c1. The van der Waals surface area contributed by atoms with Crippen molar-refractivity contribution >= 4 is 51.7 Å². The van der Waals surface area contributed by atoms with E-state index in [-0.39, 0.29) is 17.7 Å². The smallest absolute Gasteiger partial charge is 0.258 e. The van der Waals surface area contributed by atoms with Crippen molar-refractivity contribution in [1.82, 2.24) is 0 Å². The molecule has 0 aliphatic heterocycles. The third kappa shape index (κ3) is 8.16. The van der Waals surface area contributed by atoms with Crippen molar-refractivity contribution in [3.8, 4) is 0 Å². The lowest BCUT2D eigenvalue weighted by atomic mass is 10.3. The predicted molar refractivity (Wildman–Crippen MR) is 113 cm³/mol. The third-order valence-corrected chi connectivity index (χ3v) is 6.11. The Morgan fingerprint density at radius 3 is 0.889 bits per heavy atom. The van der Waals surface area contributed by atoms with Crippen LogP contribution in [0.3, 0.4) is 0 Å². The van der Waals surface area contributed by atoms with Gasteiger partial charge in [0.25, 0.3) is 17.7 Å². The van der Waals surface area contributed by atoms with Crippen LogP contribution in [0.2, 0.25) is 0 Å². The largest absolute Gasteiger partial charge is 0.365 e. The summed E-state index contributed by atoms with van der Waals surface area (Å²) in [5, 5.41) is 5.71. The molecule has 144 valence electrons. The number of carbonyl (C=O) groups excluding carboxylic acids is 3. The normalized spacial score (nSPS) is 9.44. The highest BCUT2D eigenvalue weighted by atomic mass is 32.1. The first-order valence-corrected chi connectivity index (χ1v) is 10.3. The van der Waals surface area contributed by atoms with E-state index in [2.05, 4.69) is 0 Å². The average molecular weight is 424 g/mol. The van der Waals surface area contributed by atoms with E-state index < -0.39 is 0 Å². The molecule has 27 heavy (non-hydrogen) atoms. The van der Waals surface area contributed by atoms with Crippen LogP contribution in [-0.2, 0) is 0 Å². The van der Waals surface area contributed by atoms with E-state index in [0.717, 1.165) is 16.7 Å². The van der Waals surface area contributed by atoms with E-state index in [1.807, 2.05) is 36.9 Å². The van der Waals surface area contributed by atoms with Crippen LogP contribution < -0.4 is 17.2 Å². The Hall–Kier alpha value is -2.49. The lowest BCUT2D eigenvalue weighted by Gasteiger charge is -1.81. The molecule has 6 nitrogen and oxygen atoms in total. The standard InChI is InChI=1S/3C6H7NOS/c3*1-4-2-5(6(7)8)9-3-4/h3*2-3H,1H3,(H2,7,8). The highest BCUT2D eigenvalue weighted by Gasteiger charge is 2.01.